The third kappa shape index (κ3) is 3.19. The normalized spacial score (nSPS) is 10.2. The molecule has 2 rings (SSSR count). The number of halogens is 3. The van der Waals surface area contributed by atoms with Gasteiger partial charge in [-0.25, -0.2) is 4.98 Å². The van der Waals surface area contributed by atoms with Gasteiger partial charge in [0, 0.05) is 10.7 Å². The summed E-state index contributed by atoms with van der Waals surface area (Å²) in [6.45, 7) is 0. The molecule has 0 saturated heterocycles. The van der Waals surface area contributed by atoms with Crippen molar-refractivity contribution < 1.29 is 4.79 Å². The summed E-state index contributed by atoms with van der Waals surface area (Å²) in [6, 6.07) is 4.75. The second-order valence-corrected chi connectivity index (χ2v) is 5.02. The summed E-state index contributed by atoms with van der Waals surface area (Å²) in [6.07, 6.45) is 3.13. The van der Waals surface area contributed by atoms with E-state index in [-0.39, 0.29) is 15.9 Å². The Morgan fingerprint density at radius 1 is 1.28 bits per heavy atom. The highest BCUT2D eigenvalue weighted by molar-refractivity contribution is 9.10. The third-order valence-corrected chi connectivity index (χ3v) is 2.94. The molecule has 0 aliphatic carbocycles. The van der Waals surface area contributed by atoms with E-state index in [4.69, 9.17) is 23.2 Å². The lowest BCUT2D eigenvalue weighted by Crippen LogP contribution is -2.14. The smallest absolute Gasteiger partial charge is 0.275 e. The first kappa shape index (κ1) is 13.3. The zero-order valence-electron chi connectivity index (χ0n) is 8.82. The zero-order chi connectivity index (χ0) is 13.1. The van der Waals surface area contributed by atoms with Gasteiger partial charge in [-0.3, -0.25) is 9.78 Å². The molecule has 7 heteroatoms. The summed E-state index contributed by atoms with van der Waals surface area (Å²) in [5, 5.41) is 3.07. The van der Waals surface area contributed by atoms with Crippen LogP contribution in [0.5, 0.6) is 0 Å². The first-order valence-electron chi connectivity index (χ1n) is 4.80. The van der Waals surface area contributed by atoms with Crippen molar-refractivity contribution in [2.24, 2.45) is 0 Å². The Balaban J connectivity index is 2.24. The van der Waals surface area contributed by atoms with Gasteiger partial charge < -0.3 is 5.32 Å². The van der Waals surface area contributed by atoms with Crippen LogP contribution in [0.4, 0.5) is 5.69 Å². The number of nitrogens with zero attached hydrogens (tertiary/aromatic N) is 2. The van der Waals surface area contributed by atoms with Crippen LogP contribution < -0.4 is 5.32 Å². The molecule has 0 atom stereocenters. The molecule has 0 saturated carbocycles. The highest BCUT2D eigenvalue weighted by Gasteiger charge is 2.13. The molecule has 0 aliphatic rings. The van der Waals surface area contributed by atoms with Crippen molar-refractivity contribution in [1.29, 1.82) is 0 Å². The van der Waals surface area contributed by atoms with Crippen molar-refractivity contribution in [2.75, 3.05) is 5.32 Å². The molecule has 0 unspecified atom stereocenters. The Labute approximate surface area is 121 Å². The molecule has 0 spiro atoms. The molecule has 4 nitrogen and oxygen atoms in total. The highest BCUT2D eigenvalue weighted by Crippen LogP contribution is 2.19. The number of hydrogen-bond donors (Lipinski definition) is 1. The van der Waals surface area contributed by atoms with Crippen LogP contribution in [0, 0.1) is 0 Å². The summed E-state index contributed by atoms with van der Waals surface area (Å²) in [4.78, 5) is 19.7. The lowest BCUT2D eigenvalue weighted by Gasteiger charge is -2.06. The summed E-state index contributed by atoms with van der Waals surface area (Å²) < 4.78 is 0.755. The Morgan fingerprint density at radius 2 is 2.06 bits per heavy atom. The SMILES string of the molecule is O=C(Nc1cncc(Br)c1)c1nc(Cl)ccc1Cl. The van der Waals surface area contributed by atoms with Gasteiger partial charge in [-0.15, -0.1) is 0 Å². The van der Waals surface area contributed by atoms with E-state index in [0.29, 0.717) is 5.69 Å². The lowest BCUT2D eigenvalue weighted by atomic mass is 10.3. The maximum atomic E-state index is 11.9. The van der Waals surface area contributed by atoms with Crippen molar-refractivity contribution in [3.8, 4) is 0 Å². The number of pyridine rings is 2. The number of carbonyl (C=O) groups is 1. The maximum absolute atomic E-state index is 11.9. The average Bonchev–Trinajstić information content (AvgIpc) is 2.32. The van der Waals surface area contributed by atoms with Crippen LogP contribution in [0.2, 0.25) is 10.2 Å². The lowest BCUT2D eigenvalue weighted by molar-refractivity contribution is 0.102. The van der Waals surface area contributed by atoms with Gasteiger partial charge >= 0.3 is 0 Å². The Morgan fingerprint density at radius 3 is 2.78 bits per heavy atom. The van der Waals surface area contributed by atoms with Gasteiger partial charge in [0.05, 0.1) is 16.9 Å². The molecule has 2 aromatic rings. The van der Waals surface area contributed by atoms with Gasteiger partial charge in [-0.05, 0) is 34.1 Å². The van der Waals surface area contributed by atoms with Crippen LogP contribution in [0.3, 0.4) is 0 Å². The van der Waals surface area contributed by atoms with Crippen molar-refractivity contribution >= 4 is 50.7 Å². The van der Waals surface area contributed by atoms with E-state index >= 15 is 0 Å². The maximum Gasteiger partial charge on any atom is 0.275 e. The number of amides is 1. The van der Waals surface area contributed by atoms with Gasteiger partial charge in [0.2, 0.25) is 0 Å². The highest BCUT2D eigenvalue weighted by atomic mass is 79.9. The topological polar surface area (TPSA) is 54.9 Å². The van der Waals surface area contributed by atoms with Crippen LogP contribution in [0.25, 0.3) is 0 Å². The Hall–Kier alpha value is -1.17. The third-order valence-electron chi connectivity index (χ3n) is 1.99. The number of anilines is 1. The summed E-state index contributed by atoms with van der Waals surface area (Å²) in [7, 11) is 0. The first-order chi connectivity index (χ1) is 8.56. The molecular weight excluding hydrogens is 341 g/mol. The second-order valence-electron chi connectivity index (χ2n) is 3.31. The van der Waals surface area contributed by atoms with E-state index < -0.39 is 5.91 Å². The molecule has 92 valence electrons. The molecule has 0 fully saturated rings. The Kier molecular flexibility index (Phi) is 4.16. The number of hydrogen-bond acceptors (Lipinski definition) is 3. The molecule has 18 heavy (non-hydrogen) atoms. The minimum Gasteiger partial charge on any atom is -0.319 e. The van der Waals surface area contributed by atoms with Gasteiger partial charge in [0.15, 0.2) is 0 Å². The predicted octanol–water partition coefficient (Wildman–Crippen LogP) is 3.80. The molecule has 0 aliphatic heterocycles. The summed E-state index contributed by atoms with van der Waals surface area (Å²) >= 11 is 14.9. The van der Waals surface area contributed by atoms with Crippen LogP contribution in [0.15, 0.2) is 35.1 Å². The minimum absolute atomic E-state index is 0.0733. The van der Waals surface area contributed by atoms with Crippen molar-refractivity contribution in [1.82, 2.24) is 9.97 Å². The van der Waals surface area contributed by atoms with E-state index in [1.807, 2.05) is 0 Å². The van der Waals surface area contributed by atoms with Gasteiger partial charge in [0.25, 0.3) is 5.91 Å². The molecule has 1 N–H and O–H groups in total. The van der Waals surface area contributed by atoms with Crippen molar-refractivity contribution in [3.63, 3.8) is 0 Å². The minimum atomic E-state index is -0.442. The number of carbonyl (C=O) groups excluding carboxylic acids is 1. The fraction of sp³-hybridized carbons (Fsp3) is 0. The number of rotatable bonds is 2. The van der Waals surface area contributed by atoms with Gasteiger partial charge in [-0.2, -0.15) is 0 Å². The van der Waals surface area contributed by atoms with Gasteiger partial charge in [0.1, 0.15) is 10.8 Å². The summed E-state index contributed by atoms with van der Waals surface area (Å²) in [5.41, 5.74) is 0.608. The van der Waals surface area contributed by atoms with Crippen molar-refractivity contribution in [2.45, 2.75) is 0 Å². The van der Waals surface area contributed by atoms with Crippen molar-refractivity contribution in [3.05, 3.63) is 50.9 Å². The molecule has 0 radical (unpaired) electrons. The van der Waals surface area contributed by atoms with Gasteiger partial charge in [-0.1, -0.05) is 23.2 Å². The van der Waals surface area contributed by atoms with Crippen LogP contribution in [-0.4, -0.2) is 15.9 Å². The molecule has 0 aromatic carbocycles. The fourth-order valence-electron chi connectivity index (χ4n) is 1.25. The zero-order valence-corrected chi connectivity index (χ0v) is 11.9. The largest absolute Gasteiger partial charge is 0.319 e. The monoisotopic (exact) mass is 345 g/mol. The van der Waals surface area contributed by atoms with E-state index in [9.17, 15) is 4.79 Å². The molecular formula is C11H6BrCl2N3O. The Bertz CT molecular complexity index is 607. The standard InChI is InChI=1S/C11H6BrCl2N3O/c12-6-3-7(5-15-4-6)16-11(18)10-8(13)1-2-9(14)17-10/h1-5H,(H,16,18). The van der Waals surface area contributed by atoms with E-state index in [0.717, 1.165) is 4.47 Å². The van der Waals surface area contributed by atoms with E-state index in [1.54, 1.807) is 12.3 Å². The number of nitrogens with one attached hydrogen (secondary N) is 1. The second kappa shape index (κ2) is 5.65. The first-order valence-corrected chi connectivity index (χ1v) is 6.35. The predicted molar refractivity (Wildman–Crippen MR) is 74.1 cm³/mol. The van der Waals surface area contributed by atoms with Crippen LogP contribution in [-0.2, 0) is 0 Å². The molecule has 2 aromatic heterocycles. The number of aromatic nitrogens is 2. The van der Waals surface area contributed by atoms with E-state index in [2.05, 4.69) is 31.2 Å². The van der Waals surface area contributed by atoms with Crippen LogP contribution in [0.1, 0.15) is 10.5 Å². The van der Waals surface area contributed by atoms with Crippen LogP contribution >= 0.6 is 39.1 Å². The summed E-state index contributed by atoms with van der Waals surface area (Å²) in [5.74, 6) is -0.442. The quantitative estimate of drug-likeness (QED) is 0.841. The molecule has 1 amide bonds. The molecule has 2 heterocycles. The fourth-order valence-corrected chi connectivity index (χ4v) is 1.95. The average molecular weight is 347 g/mol. The molecule has 0 bridgehead atoms. The van der Waals surface area contributed by atoms with E-state index in [1.165, 1.54) is 18.3 Å².